The molecule has 0 aliphatic carbocycles. The van der Waals surface area contributed by atoms with Gasteiger partial charge in [0, 0.05) is 25.8 Å². The second-order valence-corrected chi connectivity index (χ2v) is 5.16. The monoisotopic (exact) mass is 250 g/mol. The average molecular weight is 250 g/mol. The summed E-state index contributed by atoms with van der Waals surface area (Å²) in [4.78, 5) is 6.85. The second-order valence-electron chi connectivity index (χ2n) is 5.16. The number of hydrogen-bond acceptors (Lipinski definition) is 3. The van der Waals surface area contributed by atoms with Crippen molar-refractivity contribution in [1.29, 1.82) is 0 Å². The normalized spacial score (nSPS) is 17.2. The molecular weight excluding hydrogens is 224 g/mol. The lowest BCUT2D eigenvalue weighted by Crippen LogP contribution is -2.32. The quantitative estimate of drug-likeness (QED) is 0.750. The van der Waals surface area contributed by atoms with Gasteiger partial charge in [0.15, 0.2) is 0 Å². The van der Waals surface area contributed by atoms with Crippen LogP contribution in [-0.4, -0.2) is 40.6 Å². The average Bonchev–Trinajstić information content (AvgIpc) is 2.86. The summed E-state index contributed by atoms with van der Waals surface area (Å²) < 4.78 is 2.29. The summed E-state index contributed by atoms with van der Waals surface area (Å²) >= 11 is 0. The molecule has 0 atom stereocenters. The van der Waals surface area contributed by atoms with E-state index in [4.69, 9.17) is 0 Å². The van der Waals surface area contributed by atoms with Gasteiger partial charge in [0.25, 0.3) is 0 Å². The highest BCUT2D eigenvalue weighted by Crippen LogP contribution is 2.09. The van der Waals surface area contributed by atoms with Crippen molar-refractivity contribution in [3.05, 3.63) is 18.2 Å². The van der Waals surface area contributed by atoms with Gasteiger partial charge in [-0.1, -0.05) is 13.3 Å². The van der Waals surface area contributed by atoms with Crippen molar-refractivity contribution in [3.63, 3.8) is 0 Å². The second kappa shape index (κ2) is 7.54. The van der Waals surface area contributed by atoms with Crippen LogP contribution >= 0.6 is 0 Å². The molecule has 1 aliphatic heterocycles. The molecule has 2 heterocycles. The number of nitrogens with zero attached hydrogens (tertiary/aromatic N) is 3. The molecule has 1 aliphatic rings. The maximum absolute atomic E-state index is 4.27. The van der Waals surface area contributed by atoms with E-state index in [1.54, 1.807) is 0 Å². The van der Waals surface area contributed by atoms with Gasteiger partial charge >= 0.3 is 0 Å². The Morgan fingerprint density at radius 1 is 1.22 bits per heavy atom. The summed E-state index contributed by atoms with van der Waals surface area (Å²) in [7, 11) is 0. The fraction of sp³-hybridized carbons (Fsp3) is 0.786. The minimum atomic E-state index is 0.938. The highest BCUT2D eigenvalue weighted by molar-refractivity contribution is 4.98. The standard InChI is InChI=1S/C14H26N4/c1-2-6-15-11-14-12-16-13-18(14)10-9-17-7-4-3-5-8-17/h12-13,15H,2-11H2,1H3. The van der Waals surface area contributed by atoms with Crippen LogP contribution < -0.4 is 5.32 Å². The van der Waals surface area contributed by atoms with Crippen molar-refractivity contribution in [1.82, 2.24) is 19.8 Å². The van der Waals surface area contributed by atoms with Crippen LogP contribution in [0.15, 0.2) is 12.5 Å². The van der Waals surface area contributed by atoms with E-state index < -0.39 is 0 Å². The molecule has 1 fully saturated rings. The van der Waals surface area contributed by atoms with E-state index in [1.807, 2.05) is 12.5 Å². The lowest BCUT2D eigenvalue weighted by atomic mass is 10.1. The molecule has 0 unspecified atom stereocenters. The highest BCUT2D eigenvalue weighted by Gasteiger charge is 2.10. The van der Waals surface area contributed by atoms with Gasteiger partial charge in [0.05, 0.1) is 12.0 Å². The van der Waals surface area contributed by atoms with Crippen molar-refractivity contribution in [2.45, 2.75) is 45.7 Å². The Morgan fingerprint density at radius 3 is 2.83 bits per heavy atom. The summed E-state index contributed by atoms with van der Waals surface area (Å²) in [5, 5.41) is 3.44. The molecule has 1 aromatic rings. The van der Waals surface area contributed by atoms with Gasteiger partial charge in [-0.25, -0.2) is 4.98 Å². The zero-order valence-electron chi connectivity index (χ0n) is 11.6. The predicted octanol–water partition coefficient (Wildman–Crippen LogP) is 1.87. The summed E-state index contributed by atoms with van der Waals surface area (Å²) in [6.07, 6.45) is 9.28. The summed E-state index contributed by atoms with van der Waals surface area (Å²) in [5.41, 5.74) is 1.31. The molecule has 0 radical (unpaired) electrons. The van der Waals surface area contributed by atoms with Crippen molar-refractivity contribution in [2.75, 3.05) is 26.2 Å². The molecule has 1 N–H and O–H groups in total. The van der Waals surface area contributed by atoms with E-state index in [1.165, 1.54) is 44.5 Å². The lowest BCUT2D eigenvalue weighted by molar-refractivity contribution is 0.220. The summed E-state index contributed by atoms with van der Waals surface area (Å²) in [6, 6.07) is 0. The number of rotatable bonds is 7. The lowest BCUT2D eigenvalue weighted by Gasteiger charge is -2.26. The summed E-state index contributed by atoms with van der Waals surface area (Å²) in [5.74, 6) is 0. The van der Waals surface area contributed by atoms with Gasteiger partial charge < -0.3 is 14.8 Å². The number of nitrogens with one attached hydrogen (secondary N) is 1. The first-order chi connectivity index (χ1) is 8.90. The molecular formula is C14H26N4. The van der Waals surface area contributed by atoms with E-state index >= 15 is 0 Å². The molecule has 2 rings (SSSR count). The van der Waals surface area contributed by atoms with E-state index in [9.17, 15) is 0 Å². The molecule has 4 heteroatoms. The van der Waals surface area contributed by atoms with E-state index in [0.29, 0.717) is 0 Å². The largest absolute Gasteiger partial charge is 0.332 e. The van der Waals surface area contributed by atoms with Crippen LogP contribution in [0.2, 0.25) is 0 Å². The number of hydrogen-bond donors (Lipinski definition) is 1. The maximum Gasteiger partial charge on any atom is 0.0949 e. The Labute approximate surface area is 110 Å². The Hall–Kier alpha value is -0.870. The maximum atomic E-state index is 4.27. The smallest absolute Gasteiger partial charge is 0.0949 e. The number of likely N-dealkylation sites (tertiary alicyclic amines) is 1. The van der Waals surface area contributed by atoms with Crippen LogP contribution in [0, 0.1) is 0 Å². The third-order valence-electron chi connectivity index (χ3n) is 3.64. The number of piperidine rings is 1. The first-order valence-electron chi connectivity index (χ1n) is 7.32. The van der Waals surface area contributed by atoms with Crippen LogP contribution in [0.1, 0.15) is 38.3 Å². The highest BCUT2D eigenvalue weighted by atomic mass is 15.2. The first kappa shape index (κ1) is 13.6. The molecule has 1 aromatic heterocycles. The first-order valence-corrected chi connectivity index (χ1v) is 7.32. The third-order valence-corrected chi connectivity index (χ3v) is 3.64. The van der Waals surface area contributed by atoms with Crippen LogP contribution in [0.4, 0.5) is 0 Å². The Kier molecular flexibility index (Phi) is 5.68. The topological polar surface area (TPSA) is 33.1 Å². The molecule has 0 saturated carbocycles. The minimum Gasteiger partial charge on any atom is -0.332 e. The SMILES string of the molecule is CCCNCc1cncn1CCN1CCCCC1. The van der Waals surface area contributed by atoms with Crippen LogP contribution in [-0.2, 0) is 13.1 Å². The molecule has 102 valence electrons. The minimum absolute atomic E-state index is 0.938. The van der Waals surface area contributed by atoms with Gasteiger partial charge in [-0.2, -0.15) is 0 Å². The summed E-state index contributed by atoms with van der Waals surface area (Å²) in [6.45, 7) is 9.00. The zero-order chi connectivity index (χ0) is 12.6. The van der Waals surface area contributed by atoms with Crippen LogP contribution in [0.5, 0.6) is 0 Å². The molecule has 0 spiro atoms. The third kappa shape index (κ3) is 4.10. The van der Waals surface area contributed by atoms with Crippen LogP contribution in [0.25, 0.3) is 0 Å². The predicted molar refractivity (Wildman–Crippen MR) is 74.5 cm³/mol. The van der Waals surface area contributed by atoms with Crippen molar-refractivity contribution in [2.24, 2.45) is 0 Å². The van der Waals surface area contributed by atoms with E-state index in [0.717, 1.165) is 26.2 Å². The molecule has 1 saturated heterocycles. The van der Waals surface area contributed by atoms with Gasteiger partial charge in [-0.3, -0.25) is 0 Å². The molecule has 18 heavy (non-hydrogen) atoms. The number of aromatic nitrogens is 2. The van der Waals surface area contributed by atoms with Gasteiger partial charge in [-0.05, 0) is 38.9 Å². The van der Waals surface area contributed by atoms with Crippen molar-refractivity contribution < 1.29 is 0 Å². The van der Waals surface area contributed by atoms with Gasteiger partial charge in [0.1, 0.15) is 0 Å². The fourth-order valence-corrected chi connectivity index (χ4v) is 2.52. The Bertz CT molecular complexity index is 328. The van der Waals surface area contributed by atoms with E-state index in [-0.39, 0.29) is 0 Å². The van der Waals surface area contributed by atoms with Crippen molar-refractivity contribution in [3.8, 4) is 0 Å². The Morgan fingerprint density at radius 2 is 2.06 bits per heavy atom. The van der Waals surface area contributed by atoms with Crippen molar-refractivity contribution >= 4 is 0 Å². The molecule has 0 aromatic carbocycles. The molecule has 0 amide bonds. The zero-order valence-corrected chi connectivity index (χ0v) is 11.6. The van der Waals surface area contributed by atoms with Gasteiger partial charge in [-0.15, -0.1) is 0 Å². The Balaban J connectivity index is 1.75. The fourth-order valence-electron chi connectivity index (χ4n) is 2.52. The molecule has 0 bridgehead atoms. The van der Waals surface area contributed by atoms with E-state index in [2.05, 4.69) is 26.7 Å². The molecule has 4 nitrogen and oxygen atoms in total. The number of imidazole rings is 1. The van der Waals surface area contributed by atoms with Gasteiger partial charge in [0.2, 0.25) is 0 Å². The van der Waals surface area contributed by atoms with Crippen LogP contribution in [0.3, 0.4) is 0 Å².